The zero-order chi connectivity index (χ0) is 12.3. The second kappa shape index (κ2) is 5.50. The van der Waals surface area contributed by atoms with Crippen LogP contribution in [-0.2, 0) is 0 Å². The summed E-state index contributed by atoms with van der Waals surface area (Å²) in [4.78, 5) is 2.41. The van der Waals surface area contributed by atoms with Crippen molar-refractivity contribution >= 4 is 0 Å². The number of benzene rings is 1. The summed E-state index contributed by atoms with van der Waals surface area (Å²) in [5.74, 6) is 0.869. The van der Waals surface area contributed by atoms with Crippen LogP contribution in [0.25, 0.3) is 0 Å². The normalized spacial score (nSPS) is 18.3. The average molecular weight is 237 g/mol. The summed E-state index contributed by atoms with van der Waals surface area (Å²) >= 11 is 0. The molecule has 0 saturated carbocycles. The number of halogens is 1. The van der Waals surface area contributed by atoms with Gasteiger partial charge in [-0.05, 0) is 50.5 Å². The maximum Gasteiger partial charge on any atom is 0.130 e. The molecule has 2 rings (SSSR count). The van der Waals surface area contributed by atoms with Gasteiger partial charge in [-0.15, -0.1) is 0 Å². The van der Waals surface area contributed by atoms with Gasteiger partial charge in [0.25, 0.3) is 0 Å². The van der Waals surface area contributed by atoms with Crippen molar-refractivity contribution in [2.45, 2.75) is 25.7 Å². The summed E-state index contributed by atoms with van der Waals surface area (Å²) in [6, 6.07) is 5.09. The van der Waals surface area contributed by atoms with Gasteiger partial charge in [-0.3, -0.25) is 0 Å². The van der Waals surface area contributed by atoms with Crippen LogP contribution in [0.3, 0.4) is 0 Å². The van der Waals surface area contributed by atoms with Gasteiger partial charge in [-0.2, -0.15) is 0 Å². The van der Waals surface area contributed by atoms with Crippen molar-refractivity contribution in [1.82, 2.24) is 4.90 Å². The van der Waals surface area contributed by atoms with Gasteiger partial charge >= 0.3 is 0 Å². The number of hydrogen-bond donors (Lipinski definition) is 0. The van der Waals surface area contributed by atoms with Crippen molar-refractivity contribution < 1.29 is 9.13 Å². The summed E-state index contributed by atoms with van der Waals surface area (Å²) in [6.07, 6.45) is 2.04. The van der Waals surface area contributed by atoms with E-state index in [1.807, 2.05) is 6.07 Å². The van der Waals surface area contributed by atoms with Crippen LogP contribution in [0.5, 0.6) is 5.75 Å². The number of piperidine rings is 1. The quantitative estimate of drug-likeness (QED) is 0.801. The Morgan fingerprint density at radius 3 is 2.65 bits per heavy atom. The molecule has 1 fully saturated rings. The van der Waals surface area contributed by atoms with E-state index >= 15 is 0 Å². The molecule has 3 heteroatoms. The Kier molecular flexibility index (Phi) is 4.00. The molecule has 1 aromatic rings. The number of likely N-dealkylation sites (tertiary alicyclic amines) is 1. The average Bonchev–Trinajstić information content (AvgIpc) is 2.38. The van der Waals surface area contributed by atoms with Crippen molar-refractivity contribution in [3.8, 4) is 5.75 Å². The number of methoxy groups -OCH3 is 1. The highest BCUT2D eigenvalue weighted by Gasteiger charge is 2.24. The van der Waals surface area contributed by atoms with Gasteiger partial charge < -0.3 is 9.64 Å². The van der Waals surface area contributed by atoms with E-state index in [0.717, 1.165) is 38.0 Å². The lowest BCUT2D eigenvalue weighted by molar-refractivity contribution is 0.218. The summed E-state index contributed by atoms with van der Waals surface area (Å²) in [5, 5.41) is 0. The van der Waals surface area contributed by atoms with E-state index < -0.39 is 0 Å². The lowest BCUT2D eigenvalue weighted by Gasteiger charge is -2.31. The first kappa shape index (κ1) is 12.4. The summed E-state index contributed by atoms with van der Waals surface area (Å²) in [6.45, 7) is 5.36. The molecule has 1 aliphatic heterocycles. The van der Waals surface area contributed by atoms with E-state index in [-0.39, 0.29) is 5.82 Å². The van der Waals surface area contributed by atoms with Crippen LogP contribution in [-0.4, -0.2) is 31.6 Å². The standard InChI is InChI=1S/C14H20FNO/c1-3-16-9-7-11(8-10-16)14-12(15)5-4-6-13(14)17-2/h4-6,11H,3,7-10H2,1-2H3. The monoisotopic (exact) mass is 237 g/mol. The molecular weight excluding hydrogens is 217 g/mol. The Hall–Kier alpha value is -1.09. The van der Waals surface area contributed by atoms with Gasteiger partial charge in [0.1, 0.15) is 11.6 Å². The zero-order valence-electron chi connectivity index (χ0n) is 10.6. The zero-order valence-corrected chi connectivity index (χ0v) is 10.6. The first-order valence-corrected chi connectivity index (χ1v) is 6.31. The molecule has 1 aromatic carbocycles. The predicted octanol–water partition coefficient (Wildman–Crippen LogP) is 3.03. The summed E-state index contributed by atoms with van der Waals surface area (Å²) in [7, 11) is 1.61. The van der Waals surface area contributed by atoms with Crippen LogP contribution < -0.4 is 4.74 Å². The van der Waals surface area contributed by atoms with Gasteiger partial charge in [0.15, 0.2) is 0 Å². The van der Waals surface area contributed by atoms with Crippen LogP contribution in [0, 0.1) is 5.82 Å². The van der Waals surface area contributed by atoms with Crippen LogP contribution in [0.1, 0.15) is 31.2 Å². The molecule has 1 heterocycles. The second-order valence-electron chi connectivity index (χ2n) is 4.56. The van der Waals surface area contributed by atoms with Gasteiger partial charge in [0, 0.05) is 5.56 Å². The Morgan fingerprint density at radius 2 is 2.06 bits per heavy atom. The molecule has 0 amide bonds. The number of rotatable bonds is 3. The Bertz CT molecular complexity index is 372. The van der Waals surface area contributed by atoms with E-state index in [4.69, 9.17) is 4.74 Å². The highest BCUT2D eigenvalue weighted by molar-refractivity contribution is 5.37. The number of hydrogen-bond acceptors (Lipinski definition) is 2. The first-order chi connectivity index (χ1) is 8.26. The Labute approximate surface area is 102 Å². The highest BCUT2D eigenvalue weighted by atomic mass is 19.1. The molecule has 0 radical (unpaired) electrons. The van der Waals surface area contributed by atoms with Gasteiger partial charge in [0.05, 0.1) is 7.11 Å². The van der Waals surface area contributed by atoms with Crippen molar-refractivity contribution in [2.75, 3.05) is 26.7 Å². The third kappa shape index (κ3) is 2.60. The molecule has 0 spiro atoms. The maximum atomic E-state index is 13.9. The predicted molar refractivity (Wildman–Crippen MR) is 67.0 cm³/mol. The smallest absolute Gasteiger partial charge is 0.130 e. The third-order valence-corrected chi connectivity index (χ3v) is 3.68. The van der Waals surface area contributed by atoms with Crippen LogP contribution in [0.15, 0.2) is 18.2 Å². The van der Waals surface area contributed by atoms with E-state index in [9.17, 15) is 4.39 Å². The lowest BCUT2D eigenvalue weighted by Crippen LogP contribution is -2.32. The minimum Gasteiger partial charge on any atom is -0.496 e. The van der Waals surface area contributed by atoms with Crippen LogP contribution in [0.2, 0.25) is 0 Å². The van der Waals surface area contributed by atoms with Gasteiger partial charge in [-0.25, -0.2) is 4.39 Å². The minimum atomic E-state index is -0.126. The van der Waals surface area contributed by atoms with E-state index in [1.54, 1.807) is 13.2 Å². The largest absolute Gasteiger partial charge is 0.496 e. The SMILES string of the molecule is CCN1CCC(c2c(F)cccc2OC)CC1. The van der Waals surface area contributed by atoms with Crippen molar-refractivity contribution in [2.24, 2.45) is 0 Å². The Balaban J connectivity index is 2.17. The van der Waals surface area contributed by atoms with Crippen molar-refractivity contribution in [1.29, 1.82) is 0 Å². The molecule has 1 aliphatic rings. The molecule has 2 nitrogen and oxygen atoms in total. The fourth-order valence-electron chi connectivity index (χ4n) is 2.63. The highest BCUT2D eigenvalue weighted by Crippen LogP contribution is 2.35. The topological polar surface area (TPSA) is 12.5 Å². The van der Waals surface area contributed by atoms with Crippen molar-refractivity contribution in [3.05, 3.63) is 29.6 Å². The molecule has 0 atom stereocenters. The lowest BCUT2D eigenvalue weighted by atomic mass is 9.88. The number of nitrogens with zero attached hydrogens (tertiary/aromatic N) is 1. The van der Waals surface area contributed by atoms with Crippen LogP contribution in [0.4, 0.5) is 4.39 Å². The number of ether oxygens (including phenoxy) is 1. The maximum absolute atomic E-state index is 13.9. The molecular formula is C14H20FNO. The van der Waals surface area contributed by atoms with Crippen LogP contribution >= 0.6 is 0 Å². The molecule has 1 saturated heterocycles. The fraction of sp³-hybridized carbons (Fsp3) is 0.571. The third-order valence-electron chi connectivity index (χ3n) is 3.68. The van der Waals surface area contributed by atoms with E-state index in [1.165, 1.54) is 6.07 Å². The molecule has 0 aromatic heterocycles. The van der Waals surface area contributed by atoms with Crippen molar-refractivity contribution in [3.63, 3.8) is 0 Å². The molecule has 94 valence electrons. The van der Waals surface area contributed by atoms with E-state index in [0.29, 0.717) is 11.7 Å². The van der Waals surface area contributed by atoms with Gasteiger partial charge in [0.2, 0.25) is 0 Å². The minimum absolute atomic E-state index is 0.126. The molecule has 0 bridgehead atoms. The molecule has 0 unspecified atom stereocenters. The molecule has 17 heavy (non-hydrogen) atoms. The second-order valence-corrected chi connectivity index (χ2v) is 4.56. The fourth-order valence-corrected chi connectivity index (χ4v) is 2.63. The molecule has 0 N–H and O–H groups in total. The summed E-state index contributed by atoms with van der Waals surface area (Å²) in [5.41, 5.74) is 0.769. The first-order valence-electron chi connectivity index (χ1n) is 6.31. The summed E-state index contributed by atoms with van der Waals surface area (Å²) < 4.78 is 19.2. The molecule has 0 aliphatic carbocycles. The van der Waals surface area contributed by atoms with Gasteiger partial charge in [-0.1, -0.05) is 13.0 Å². The Morgan fingerprint density at radius 1 is 1.35 bits per heavy atom. The van der Waals surface area contributed by atoms with E-state index in [2.05, 4.69) is 11.8 Å².